The van der Waals surface area contributed by atoms with E-state index in [1.807, 2.05) is 0 Å². The van der Waals surface area contributed by atoms with Crippen LogP contribution in [0, 0.1) is 5.82 Å². The minimum atomic E-state index is -4.91. The van der Waals surface area contributed by atoms with Crippen LogP contribution < -0.4 is 20.6 Å². The Morgan fingerprint density at radius 1 is 1.11 bits per heavy atom. The maximum Gasteiger partial charge on any atom is 0.425 e. The second kappa shape index (κ2) is 10.3. The van der Waals surface area contributed by atoms with E-state index >= 15 is 0 Å². The molecule has 4 aromatic rings. The zero-order valence-electron chi connectivity index (χ0n) is 19.5. The number of aryl methyl sites for hydroxylation is 1. The zero-order valence-corrected chi connectivity index (χ0v) is 19.5. The van der Waals surface area contributed by atoms with Crippen LogP contribution in [0.3, 0.4) is 0 Å². The van der Waals surface area contributed by atoms with Crippen molar-refractivity contribution in [2.24, 2.45) is 0 Å². The number of hydrogen-bond acceptors (Lipinski definition) is 8. The summed E-state index contributed by atoms with van der Waals surface area (Å²) in [5.74, 6) is -0.881. The molecule has 0 radical (unpaired) electrons. The lowest BCUT2D eigenvalue weighted by atomic mass is 10.1. The van der Waals surface area contributed by atoms with Gasteiger partial charge in [0, 0.05) is 6.54 Å². The Hall–Kier alpha value is -4.36. The Labute approximate surface area is 205 Å². The molecule has 1 atom stereocenters. The molecule has 37 heavy (non-hydrogen) atoms. The molecule has 0 bridgehead atoms. The van der Waals surface area contributed by atoms with E-state index in [2.05, 4.69) is 20.1 Å². The maximum absolute atomic E-state index is 14.8. The number of benzene rings is 1. The number of H-pyrrole nitrogens is 1. The topological polar surface area (TPSA) is 125 Å². The summed E-state index contributed by atoms with van der Waals surface area (Å²) in [6, 6.07) is 2.44. The third-order valence-corrected chi connectivity index (χ3v) is 5.46. The van der Waals surface area contributed by atoms with Gasteiger partial charge in [-0.3, -0.25) is 14.2 Å². The molecule has 0 aliphatic rings. The molecule has 0 saturated heterocycles. The molecule has 0 aliphatic heterocycles. The fourth-order valence-corrected chi connectivity index (χ4v) is 3.63. The highest BCUT2D eigenvalue weighted by molar-refractivity contribution is 5.82. The average Bonchev–Trinajstić information content (AvgIpc) is 2.85. The number of methoxy groups -OCH3 is 1. The number of hydrogen-bond donors (Lipinski definition) is 1. The van der Waals surface area contributed by atoms with Crippen LogP contribution >= 0.6 is 0 Å². The normalized spacial score (nSPS) is 12.5. The molecule has 194 valence electrons. The molecule has 4 rings (SSSR count). The van der Waals surface area contributed by atoms with Crippen molar-refractivity contribution < 1.29 is 27.0 Å². The molecule has 3 aromatic heterocycles. The van der Waals surface area contributed by atoms with E-state index in [1.54, 1.807) is 5.10 Å². The van der Waals surface area contributed by atoms with Gasteiger partial charge < -0.3 is 9.47 Å². The number of aromatic nitrogens is 6. The second-order valence-corrected chi connectivity index (χ2v) is 8.05. The van der Waals surface area contributed by atoms with Crippen LogP contribution in [-0.2, 0) is 12.7 Å². The third-order valence-electron chi connectivity index (χ3n) is 5.46. The molecule has 3 heterocycles. The Kier molecular flexibility index (Phi) is 7.18. The van der Waals surface area contributed by atoms with Gasteiger partial charge in [0.1, 0.15) is 5.82 Å². The summed E-state index contributed by atoms with van der Waals surface area (Å²) >= 11 is 0. The van der Waals surface area contributed by atoms with E-state index < -0.39 is 40.5 Å². The van der Waals surface area contributed by atoms with Gasteiger partial charge in [-0.2, -0.15) is 18.3 Å². The Morgan fingerprint density at radius 2 is 1.84 bits per heavy atom. The van der Waals surface area contributed by atoms with Crippen molar-refractivity contribution in [1.82, 2.24) is 29.7 Å². The van der Waals surface area contributed by atoms with Crippen LogP contribution in [0.5, 0.6) is 11.5 Å². The van der Waals surface area contributed by atoms with Crippen molar-refractivity contribution >= 4 is 10.9 Å². The van der Waals surface area contributed by atoms with E-state index in [0.717, 1.165) is 12.3 Å². The second-order valence-electron chi connectivity index (χ2n) is 8.05. The van der Waals surface area contributed by atoms with Gasteiger partial charge >= 0.3 is 6.18 Å². The molecule has 10 nitrogen and oxygen atoms in total. The summed E-state index contributed by atoms with van der Waals surface area (Å²) in [5.41, 5.74) is -3.04. The third kappa shape index (κ3) is 5.57. The van der Waals surface area contributed by atoms with Crippen molar-refractivity contribution in [3.05, 3.63) is 69.1 Å². The molecule has 0 fully saturated rings. The van der Waals surface area contributed by atoms with Gasteiger partial charge in [-0.25, -0.2) is 24.4 Å². The van der Waals surface area contributed by atoms with Gasteiger partial charge in [-0.15, -0.1) is 0 Å². The van der Waals surface area contributed by atoms with Crippen LogP contribution in [0.1, 0.15) is 25.3 Å². The summed E-state index contributed by atoms with van der Waals surface area (Å²) in [5, 5.41) is 5.14. The fourth-order valence-electron chi connectivity index (χ4n) is 3.63. The molecule has 0 spiro atoms. The fraction of sp³-hybridized carbons (Fsp3) is 0.304. The number of nitrogens with one attached hydrogen (secondary N) is 1. The summed E-state index contributed by atoms with van der Waals surface area (Å²) in [6.07, 6.45) is -0.198. The number of nitrogens with zero attached hydrogens (tertiary/aromatic N) is 5. The highest BCUT2D eigenvalue weighted by Crippen LogP contribution is 2.33. The average molecular weight is 520 g/mol. The molecule has 0 saturated carbocycles. The van der Waals surface area contributed by atoms with Crippen LogP contribution in [0.2, 0.25) is 0 Å². The molecular weight excluding hydrogens is 500 g/mol. The van der Waals surface area contributed by atoms with E-state index in [4.69, 9.17) is 9.47 Å². The highest BCUT2D eigenvalue weighted by Gasteiger charge is 2.38. The van der Waals surface area contributed by atoms with Crippen LogP contribution in [0.15, 0.2) is 46.6 Å². The van der Waals surface area contributed by atoms with E-state index in [-0.39, 0.29) is 35.3 Å². The van der Waals surface area contributed by atoms with E-state index in [1.165, 1.54) is 43.4 Å². The molecule has 1 aromatic carbocycles. The van der Waals surface area contributed by atoms with Crippen LogP contribution in [0.4, 0.5) is 17.6 Å². The predicted octanol–water partition coefficient (Wildman–Crippen LogP) is 3.35. The lowest BCUT2D eigenvalue weighted by Gasteiger charge is -2.17. The molecule has 14 heteroatoms. The van der Waals surface area contributed by atoms with Gasteiger partial charge in [0.2, 0.25) is 0 Å². The molecule has 0 amide bonds. The smallest absolute Gasteiger partial charge is 0.425 e. The number of halogens is 4. The van der Waals surface area contributed by atoms with Gasteiger partial charge in [-0.05, 0) is 31.9 Å². The van der Waals surface area contributed by atoms with Crippen molar-refractivity contribution in [2.45, 2.75) is 38.6 Å². The first-order chi connectivity index (χ1) is 17.6. The molecular formula is C23H20F4N6O4. The highest BCUT2D eigenvalue weighted by atomic mass is 19.4. The van der Waals surface area contributed by atoms with Crippen molar-refractivity contribution in [3.63, 3.8) is 0 Å². The van der Waals surface area contributed by atoms with E-state index in [9.17, 15) is 27.2 Å². The standard InChI is InChI=1S/C23H20F4N6O4/c1-12(37-18-10-31-32-21(34)19(18)23(25,26)27)4-3-5-33-11-30-17-7-14(16(24)6-15(17)22(33)35)20-28-8-13(36-2)9-29-20/h6-12H,3-5H2,1-2H3,(H,32,34). The number of rotatable bonds is 8. The quantitative estimate of drug-likeness (QED) is 0.351. The van der Waals surface area contributed by atoms with Crippen molar-refractivity contribution in [1.29, 1.82) is 0 Å². The van der Waals surface area contributed by atoms with Crippen LogP contribution in [0.25, 0.3) is 22.3 Å². The molecule has 0 aliphatic carbocycles. The predicted molar refractivity (Wildman–Crippen MR) is 123 cm³/mol. The zero-order chi connectivity index (χ0) is 26.7. The lowest BCUT2D eigenvalue weighted by molar-refractivity contribution is -0.140. The van der Waals surface area contributed by atoms with Crippen molar-refractivity contribution in [2.75, 3.05) is 7.11 Å². The minimum absolute atomic E-state index is 0.0472. The number of alkyl halides is 3. The monoisotopic (exact) mass is 520 g/mol. The first-order valence-corrected chi connectivity index (χ1v) is 10.9. The minimum Gasteiger partial charge on any atom is -0.494 e. The lowest BCUT2D eigenvalue weighted by Crippen LogP contribution is -2.26. The van der Waals surface area contributed by atoms with Gasteiger partial charge in [0.25, 0.3) is 11.1 Å². The first kappa shape index (κ1) is 25.7. The number of fused-ring (bicyclic) bond motifs is 1. The van der Waals surface area contributed by atoms with Gasteiger partial charge in [0.05, 0.1) is 54.6 Å². The number of aromatic amines is 1. The van der Waals surface area contributed by atoms with E-state index in [0.29, 0.717) is 12.2 Å². The van der Waals surface area contributed by atoms with Crippen molar-refractivity contribution in [3.8, 4) is 22.9 Å². The molecule has 1 unspecified atom stereocenters. The summed E-state index contributed by atoms with van der Waals surface area (Å²) in [7, 11) is 1.45. The Bertz CT molecular complexity index is 1540. The Morgan fingerprint density at radius 3 is 2.51 bits per heavy atom. The first-order valence-electron chi connectivity index (χ1n) is 10.9. The SMILES string of the molecule is COc1cnc(-c2cc3ncn(CCCC(C)Oc4cn[nH]c(=O)c4C(F)(F)F)c(=O)c3cc2F)nc1. The number of ether oxygens (including phenoxy) is 2. The maximum atomic E-state index is 14.8. The summed E-state index contributed by atoms with van der Waals surface area (Å²) in [6.45, 7) is 1.68. The Balaban J connectivity index is 1.47. The van der Waals surface area contributed by atoms with Gasteiger partial charge in [-0.1, -0.05) is 0 Å². The van der Waals surface area contributed by atoms with Crippen LogP contribution in [-0.4, -0.2) is 42.9 Å². The summed E-state index contributed by atoms with van der Waals surface area (Å²) in [4.78, 5) is 36.8. The molecule has 1 N–H and O–H groups in total. The summed E-state index contributed by atoms with van der Waals surface area (Å²) < 4.78 is 65.9. The largest absolute Gasteiger partial charge is 0.494 e. The van der Waals surface area contributed by atoms with Gasteiger partial charge in [0.15, 0.2) is 22.9 Å².